The number of rotatable bonds is 8. The van der Waals surface area contributed by atoms with E-state index < -0.39 is 0 Å². The lowest BCUT2D eigenvalue weighted by molar-refractivity contribution is 0.0741. The number of ether oxygens (including phenoxy) is 2. The molecule has 4 rings (SSSR count). The molecule has 8 heteroatoms. The summed E-state index contributed by atoms with van der Waals surface area (Å²) in [4.78, 5) is 25.1. The second-order valence-electron chi connectivity index (χ2n) is 8.23. The molecule has 8 nitrogen and oxygen atoms in total. The number of nitrogens with one attached hydrogen (secondary N) is 2. The van der Waals surface area contributed by atoms with Crippen LogP contribution in [0.2, 0.25) is 0 Å². The number of H-pyrrole nitrogens is 1. The highest BCUT2D eigenvalue weighted by Gasteiger charge is 2.25. The van der Waals surface area contributed by atoms with E-state index in [1.54, 1.807) is 7.11 Å². The molecule has 1 aliphatic heterocycles. The normalized spacial score (nSPS) is 14.2. The fourth-order valence-corrected chi connectivity index (χ4v) is 3.92. The van der Waals surface area contributed by atoms with Crippen LogP contribution in [-0.4, -0.2) is 73.3 Å². The Morgan fingerprint density at radius 2 is 1.97 bits per heavy atom. The SMILES string of the molecule is COCCOc1ccc2[nH]c(C(=O)N3CCN(c4ncccc4NC(C)C)CC3)cc2c1. The molecule has 0 bridgehead atoms. The van der Waals surface area contributed by atoms with E-state index in [2.05, 4.69) is 40.1 Å². The Morgan fingerprint density at radius 3 is 2.72 bits per heavy atom. The highest BCUT2D eigenvalue weighted by molar-refractivity contribution is 5.98. The lowest BCUT2D eigenvalue weighted by Gasteiger charge is -2.36. The van der Waals surface area contributed by atoms with Crippen LogP contribution in [0.5, 0.6) is 5.75 Å². The van der Waals surface area contributed by atoms with Crippen LogP contribution in [0.15, 0.2) is 42.6 Å². The molecule has 1 saturated heterocycles. The average Bonchev–Trinajstić information content (AvgIpc) is 3.22. The molecule has 2 aromatic heterocycles. The van der Waals surface area contributed by atoms with Gasteiger partial charge in [-0.1, -0.05) is 0 Å². The lowest BCUT2D eigenvalue weighted by atomic mass is 10.2. The molecule has 0 saturated carbocycles. The molecular formula is C24H31N5O3. The molecule has 32 heavy (non-hydrogen) atoms. The van der Waals surface area contributed by atoms with Crippen molar-refractivity contribution in [1.29, 1.82) is 0 Å². The van der Waals surface area contributed by atoms with Gasteiger partial charge in [-0.25, -0.2) is 4.98 Å². The predicted molar refractivity (Wildman–Crippen MR) is 127 cm³/mol. The van der Waals surface area contributed by atoms with Crippen LogP contribution in [0.4, 0.5) is 11.5 Å². The number of benzene rings is 1. The number of aromatic nitrogens is 2. The van der Waals surface area contributed by atoms with E-state index in [4.69, 9.17) is 9.47 Å². The van der Waals surface area contributed by atoms with Gasteiger partial charge in [0, 0.05) is 56.4 Å². The van der Waals surface area contributed by atoms with Crippen LogP contribution in [0.3, 0.4) is 0 Å². The minimum absolute atomic E-state index is 0.0178. The van der Waals surface area contributed by atoms with E-state index in [9.17, 15) is 4.79 Å². The number of methoxy groups -OCH3 is 1. The molecule has 0 radical (unpaired) electrons. The summed E-state index contributed by atoms with van der Waals surface area (Å²) in [7, 11) is 1.65. The third-order valence-electron chi connectivity index (χ3n) is 5.48. The highest BCUT2D eigenvalue weighted by Crippen LogP contribution is 2.26. The van der Waals surface area contributed by atoms with Crippen molar-refractivity contribution in [3.05, 3.63) is 48.3 Å². The predicted octanol–water partition coefficient (Wildman–Crippen LogP) is 3.37. The summed E-state index contributed by atoms with van der Waals surface area (Å²) < 4.78 is 10.7. The van der Waals surface area contributed by atoms with Gasteiger partial charge in [-0.05, 0) is 50.2 Å². The van der Waals surface area contributed by atoms with Gasteiger partial charge >= 0.3 is 0 Å². The quantitative estimate of drug-likeness (QED) is 0.526. The van der Waals surface area contributed by atoms with Crippen LogP contribution >= 0.6 is 0 Å². The molecule has 0 atom stereocenters. The Bertz CT molecular complexity index is 1060. The maximum Gasteiger partial charge on any atom is 0.270 e. The summed E-state index contributed by atoms with van der Waals surface area (Å²) in [5.74, 6) is 1.73. The van der Waals surface area contributed by atoms with E-state index >= 15 is 0 Å². The smallest absolute Gasteiger partial charge is 0.270 e. The summed E-state index contributed by atoms with van der Waals surface area (Å²) in [6, 6.07) is 12.0. The van der Waals surface area contributed by atoms with Gasteiger partial charge in [-0.15, -0.1) is 0 Å². The Kier molecular flexibility index (Phi) is 6.80. The zero-order valence-electron chi connectivity index (χ0n) is 18.9. The number of nitrogens with zero attached hydrogens (tertiary/aromatic N) is 3. The molecule has 3 heterocycles. The summed E-state index contributed by atoms with van der Waals surface area (Å²) in [6.07, 6.45) is 1.82. The molecule has 0 unspecified atom stereocenters. The minimum atomic E-state index is 0.0178. The average molecular weight is 438 g/mol. The van der Waals surface area contributed by atoms with E-state index in [0.29, 0.717) is 38.0 Å². The van der Waals surface area contributed by atoms with Gasteiger partial charge in [0.05, 0.1) is 12.3 Å². The monoisotopic (exact) mass is 437 g/mol. The topological polar surface area (TPSA) is 82.7 Å². The zero-order valence-corrected chi connectivity index (χ0v) is 18.9. The first kappa shape index (κ1) is 22.0. The number of carbonyl (C=O) groups is 1. The number of piperazine rings is 1. The number of pyridine rings is 1. The Hall–Kier alpha value is -3.26. The van der Waals surface area contributed by atoms with Crippen molar-refractivity contribution in [2.24, 2.45) is 0 Å². The Morgan fingerprint density at radius 1 is 1.16 bits per heavy atom. The fraction of sp³-hybridized carbons (Fsp3) is 0.417. The van der Waals surface area contributed by atoms with E-state index in [1.807, 2.05) is 41.4 Å². The van der Waals surface area contributed by atoms with Gasteiger partial charge in [0.1, 0.15) is 18.1 Å². The second kappa shape index (κ2) is 9.91. The van der Waals surface area contributed by atoms with Gasteiger partial charge in [0.2, 0.25) is 0 Å². The Labute approximate surface area is 188 Å². The van der Waals surface area contributed by atoms with E-state index in [0.717, 1.165) is 41.2 Å². The van der Waals surface area contributed by atoms with Crippen molar-refractivity contribution in [3.63, 3.8) is 0 Å². The van der Waals surface area contributed by atoms with Gasteiger partial charge in [0.15, 0.2) is 5.82 Å². The van der Waals surface area contributed by atoms with E-state index in [1.165, 1.54) is 0 Å². The number of hydrogen-bond donors (Lipinski definition) is 2. The zero-order chi connectivity index (χ0) is 22.5. The van der Waals surface area contributed by atoms with Crippen LogP contribution < -0.4 is 15.0 Å². The number of aromatic amines is 1. The first-order valence-corrected chi connectivity index (χ1v) is 11.1. The van der Waals surface area contributed by atoms with Gasteiger partial charge < -0.3 is 29.6 Å². The highest BCUT2D eigenvalue weighted by atomic mass is 16.5. The second-order valence-corrected chi connectivity index (χ2v) is 8.23. The molecule has 1 fully saturated rings. The van der Waals surface area contributed by atoms with Crippen LogP contribution in [0.1, 0.15) is 24.3 Å². The number of fused-ring (bicyclic) bond motifs is 1. The minimum Gasteiger partial charge on any atom is -0.491 e. The number of carbonyl (C=O) groups excluding carboxylic acids is 1. The first-order valence-electron chi connectivity index (χ1n) is 11.1. The number of amides is 1. The van der Waals surface area contributed by atoms with Crippen molar-refractivity contribution in [3.8, 4) is 5.75 Å². The maximum atomic E-state index is 13.1. The largest absolute Gasteiger partial charge is 0.491 e. The molecule has 1 aromatic carbocycles. The first-order chi connectivity index (χ1) is 15.5. The van der Waals surface area contributed by atoms with Crippen molar-refractivity contribution >= 4 is 28.3 Å². The van der Waals surface area contributed by atoms with Crippen molar-refractivity contribution < 1.29 is 14.3 Å². The van der Waals surface area contributed by atoms with Gasteiger partial charge in [-0.3, -0.25) is 4.79 Å². The summed E-state index contributed by atoms with van der Waals surface area (Å²) in [5, 5.41) is 4.42. The maximum absolute atomic E-state index is 13.1. The van der Waals surface area contributed by atoms with E-state index in [-0.39, 0.29) is 5.91 Å². The molecular weight excluding hydrogens is 406 g/mol. The molecule has 1 amide bonds. The summed E-state index contributed by atoms with van der Waals surface area (Å²) in [6.45, 7) is 8.04. The van der Waals surface area contributed by atoms with Crippen LogP contribution in [0, 0.1) is 0 Å². The molecule has 0 aliphatic carbocycles. The van der Waals surface area contributed by atoms with Crippen molar-refractivity contribution in [2.45, 2.75) is 19.9 Å². The van der Waals surface area contributed by atoms with Gasteiger partial charge in [0.25, 0.3) is 5.91 Å². The van der Waals surface area contributed by atoms with Crippen molar-refractivity contribution in [1.82, 2.24) is 14.9 Å². The van der Waals surface area contributed by atoms with Crippen molar-refractivity contribution in [2.75, 3.05) is 56.7 Å². The number of hydrogen-bond acceptors (Lipinski definition) is 6. The standard InChI is InChI=1S/C24H31N5O3/c1-17(2)26-21-5-4-8-25-23(21)28-9-11-29(12-10-28)24(30)22-16-18-15-19(32-14-13-31-3)6-7-20(18)27-22/h4-8,15-17,26-27H,9-14H2,1-3H3. The fourth-order valence-electron chi connectivity index (χ4n) is 3.92. The third kappa shape index (κ3) is 4.96. The van der Waals surface area contributed by atoms with Crippen LogP contribution in [-0.2, 0) is 4.74 Å². The molecule has 0 spiro atoms. The van der Waals surface area contributed by atoms with Crippen LogP contribution in [0.25, 0.3) is 10.9 Å². The number of anilines is 2. The molecule has 2 N–H and O–H groups in total. The Balaban J connectivity index is 1.41. The molecule has 1 aliphatic rings. The third-order valence-corrected chi connectivity index (χ3v) is 5.48. The molecule has 3 aromatic rings. The van der Waals surface area contributed by atoms with Gasteiger partial charge in [-0.2, -0.15) is 0 Å². The molecule has 170 valence electrons. The lowest BCUT2D eigenvalue weighted by Crippen LogP contribution is -2.49. The summed E-state index contributed by atoms with van der Waals surface area (Å²) >= 11 is 0. The summed E-state index contributed by atoms with van der Waals surface area (Å²) in [5.41, 5.74) is 2.55.